The summed E-state index contributed by atoms with van der Waals surface area (Å²) in [5, 5.41) is 0. The van der Waals surface area contributed by atoms with Crippen molar-refractivity contribution in [3.05, 3.63) is 35.4 Å². The van der Waals surface area contributed by atoms with E-state index in [4.69, 9.17) is 18.0 Å². The number of hydrogen-bond donors (Lipinski definition) is 2. The first-order valence-corrected chi connectivity index (χ1v) is 8.14. The largest absolute Gasteiger partial charge is 0.389 e. The molecule has 0 aliphatic heterocycles. The Balaban J connectivity index is 2.08. The summed E-state index contributed by atoms with van der Waals surface area (Å²) in [4.78, 5) is 0.274. The molecule has 1 aliphatic rings. The molecule has 3 N–H and O–H groups in total. The first-order valence-electron chi connectivity index (χ1n) is 6.08. The fourth-order valence-electron chi connectivity index (χ4n) is 1.96. The van der Waals surface area contributed by atoms with Crippen molar-refractivity contribution in [1.29, 1.82) is 0 Å². The fraction of sp³-hybridized carbons (Fsp3) is 0.462. The number of nitrogens with one attached hydrogen (secondary N) is 1. The number of rotatable bonds is 5. The molecule has 6 heteroatoms. The lowest BCUT2D eigenvalue weighted by Crippen LogP contribution is -2.29. The molecular formula is C13H18N2O2S2. The van der Waals surface area contributed by atoms with Gasteiger partial charge in [0.25, 0.3) is 0 Å². The van der Waals surface area contributed by atoms with Crippen molar-refractivity contribution >= 4 is 27.2 Å². The van der Waals surface area contributed by atoms with Crippen LogP contribution in [0, 0.1) is 5.41 Å². The summed E-state index contributed by atoms with van der Waals surface area (Å²) in [6.45, 7) is 4.10. The maximum atomic E-state index is 12.0. The van der Waals surface area contributed by atoms with Gasteiger partial charge in [-0.2, -0.15) is 0 Å². The van der Waals surface area contributed by atoms with E-state index in [1.165, 1.54) is 0 Å². The first-order chi connectivity index (χ1) is 8.70. The molecule has 1 saturated carbocycles. The summed E-state index contributed by atoms with van der Waals surface area (Å²) < 4.78 is 26.8. The predicted octanol–water partition coefficient (Wildman–Crippen LogP) is 1.54. The van der Waals surface area contributed by atoms with E-state index in [0.29, 0.717) is 11.1 Å². The summed E-state index contributed by atoms with van der Waals surface area (Å²) in [5.41, 5.74) is 7.00. The number of sulfonamides is 1. The van der Waals surface area contributed by atoms with Gasteiger partial charge in [0.05, 0.1) is 5.75 Å². The van der Waals surface area contributed by atoms with E-state index in [0.717, 1.165) is 6.42 Å². The number of nitrogens with two attached hydrogens (primary N) is 1. The Morgan fingerprint density at radius 3 is 2.68 bits per heavy atom. The average molecular weight is 298 g/mol. The molecule has 1 atom stereocenters. The zero-order chi connectivity index (χ0) is 14.3. The molecule has 19 heavy (non-hydrogen) atoms. The molecule has 0 amide bonds. The van der Waals surface area contributed by atoms with Gasteiger partial charge >= 0.3 is 0 Å². The van der Waals surface area contributed by atoms with Crippen molar-refractivity contribution in [3.63, 3.8) is 0 Å². The maximum Gasteiger partial charge on any atom is 0.216 e. The molecule has 1 aromatic carbocycles. The second kappa shape index (κ2) is 4.85. The predicted molar refractivity (Wildman–Crippen MR) is 80.3 cm³/mol. The van der Waals surface area contributed by atoms with Crippen molar-refractivity contribution in [2.75, 3.05) is 0 Å². The topological polar surface area (TPSA) is 72.2 Å². The second-order valence-electron chi connectivity index (χ2n) is 5.69. The van der Waals surface area contributed by atoms with E-state index in [1.807, 2.05) is 13.8 Å². The summed E-state index contributed by atoms with van der Waals surface area (Å²) in [6, 6.07) is 7.07. The van der Waals surface area contributed by atoms with Crippen LogP contribution in [0.4, 0.5) is 0 Å². The quantitative estimate of drug-likeness (QED) is 0.809. The van der Waals surface area contributed by atoms with Gasteiger partial charge < -0.3 is 5.73 Å². The zero-order valence-electron chi connectivity index (χ0n) is 11.0. The molecule has 1 aliphatic carbocycles. The summed E-state index contributed by atoms with van der Waals surface area (Å²) in [5.74, 6) is -0.0456. The Hall–Kier alpha value is -0.980. The van der Waals surface area contributed by atoms with Crippen LogP contribution in [0.5, 0.6) is 0 Å². The smallest absolute Gasteiger partial charge is 0.216 e. The molecule has 1 aromatic rings. The van der Waals surface area contributed by atoms with E-state index < -0.39 is 10.0 Å². The van der Waals surface area contributed by atoms with Crippen molar-refractivity contribution in [1.82, 2.24) is 4.72 Å². The highest BCUT2D eigenvalue weighted by molar-refractivity contribution is 7.88. The van der Waals surface area contributed by atoms with Crippen LogP contribution in [-0.2, 0) is 15.8 Å². The lowest BCUT2D eigenvalue weighted by molar-refractivity contribution is 0.554. The second-order valence-corrected chi connectivity index (χ2v) is 7.88. The zero-order valence-corrected chi connectivity index (χ0v) is 12.6. The summed E-state index contributed by atoms with van der Waals surface area (Å²) >= 11 is 4.89. The molecule has 0 aromatic heterocycles. The van der Waals surface area contributed by atoms with Gasteiger partial charge in [0, 0.05) is 11.6 Å². The van der Waals surface area contributed by atoms with Crippen molar-refractivity contribution in [2.45, 2.75) is 32.1 Å². The lowest BCUT2D eigenvalue weighted by atomic mass is 10.1. The third kappa shape index (κ3) is 3.75. The maximum absolute atomic E-state index is 12.0. The molecule has 0 saturated heterocycles. The highest BCUT2D eigenvalue weighted by Crippen LogP contribution is 2.45. The van der Waals surface area contributed by atoms with E-state index in [-0.39, 0.29) is 22.2 Å². The van der Waals surface area contributed by atoms with Gasteiger partial charge in [-0.05, 0) is 23.5 Å². The van der Waals surface area contributed by atoms with Gasteiger partial charge in [0.2, 0.25) is 10.0 Å². The number of thiocarbonyl (C=S) groups is 1. The minimum absolute atomic E-state index is 0.0456. The van der Waals surface area contributed by atoms with Gasteiger partial charge in [-0.25, -0.2) is 13.1 Å². The molecule has 104 valence electrons. The highest BCUT2D eigenvalue weighted by atomic mass is 32.2. The third-order valence-electron chi connectivity index (χ3n) is 3.40. The highest BCUT2D eigenvalue weighted by Gasteiger charge is 2.47. The monoisotopic (exact) mass is 298 g/mol. The van der Waals surface area contributed by atoms with Crippen molar-refractivity contribution in [3.8, 4) is 0 Å². The fourth-order valence-corrected chi connectivity index (χ4v) is 3.63. The van der Waals surface area contributed by atoms with Crippen LogP contribution in [0.15, 0.2) is 24.3 Å². The van der Waals surface area contributed by atoms with Crippen LogP contribution < -0.4 is 10.5 Å². The molecule has 0 radical (unpaired) electrons. The normalized spacial score (nSPS) is 21.1. The third-order valence-corrected chi connectivity index (χ3v) is 5.00. The van der Waals surface area contributed by atoms with Gasteiger partial charge in [0.1, 0.15) is 4.99 Å². The van der Waals surface area contributed by atoms with Crippen LogP contribution in [-0.4, -0.2) is 19.4 Å². The Bertz CT molecular complexity index is 609. The van der Waals surface area contributed by atoms with Gasteiger partial charge in [0.15, 0.2) is 0 Å². The molecule has 0 bridgehead atoms. The molecule has 4 nitrogen and oxygen atoms in total. The minimum Gasteiger partial charge on any atom is -0.389 e. The van der Waals surface area contributed by atoms with E-state index in [9.17, 15) is 8.42 Å². The molecule has 0 spiro atoms. The van der Waals surface area contributed by atoms with Gasteiger partial charge in [-0.15, -0.1) is 0 Å². The van der Waals surface area contributed by atoms with Crippen molar-refractivity contribution < 1.29 is 8.42 Å². The van der Waals surface area contributed by atoms with Gasteiger partial charge in [-0.3, -0.25) is 0 Å². The van der Waals surface area contributed by atoms with Crippen LogP contribution in [0.1, 0.15) is 31.4 Å². The molecule has 1 unspecified atom stereocenters. The standard InChI is InChI=1S/C13H18N2O2S2/c1-13(2)7-11(13)15-19(16,17)8-9-4-3-5-10(6-9)12(14)18/h3-6,11,15H,7-8H2,1-2H3,(H2,14,18). The van der Waals surface area contributed by atoms with E-state index in [2.05, 4.69) is 4.72 Å². The number of hydrogen-bond acceptors (Lipinski definition) is 3. The number of benzene rings is 1. The van der Waals surface area contributed by atoms with Crippen LogP contribution in [0.2, 0.25) is 0 Å². The van der Waals surface area contributed by atoms with Crippen molar-refractivity contribution in [2.24, 2.45) is 11.1 Å². The lowest BCUT2D eigenvalue weighted by Gasteiger charge is -2.09. The van der Waals surface area contributed by atoms with Gasteiger partial charge in [-0.1, -0.05) is 44.3 Å². The summed E-state index contributed by atoms with van der Waals surface area (Å²) in [7, 11) is -3.32. The molecule has 2 rings (SSSR count). The van der Waals surface area contributed by atoms with E-state index in [1.54, 1.807) is 24.3 Å². The Morgan fingerprint density at radius 1 is 1.53 bits per heavy atom. The average Bonchev–Trinajstić information content (AvgIpc) is 2.84. The first kappa shape index (κ1) is 14.4. The Kier molecular flexibility index (Phi) is 3.68. The van der Waals surface area contributed by atoms with E-state index >= 15 is 0 Å². The minimum atomic E-state index is -3.32. The van der Waals surface area contributed by atoms with Crippen LogP contribution in [0.3, 0.4) is 0 Å². The molecular weight excluding hydrogens is 280 g/mol. The van der Waals surface area contributed by atoms with Crippen LogP contribution >= 0.6 is 12.2 Å². The Morgan fingerprint density at radius 2 is 2.16 bits per heavy atom. The molecule has 1 fully saturated rings. The Labute approximate surface area is 119 Å². The van der Waals surface area contributed by atoms with Crippen LogP contribution in [0.25, 0.3) is 0 Å². The molecule has 0 heterocycles. The SMILES string of the molecule is CC1(C)CC1NS(=O)(=O)Cc1cccc(C(N)=S)c1. The summed E-state index contributed by atoms with van der Waals surface area (Å²) in [6.07, 6.45) is 0.888.